The van der Waals surface area contributed by atoms with E-state index in [1.165, 1.54) is 0 Å². The molecule has 0 aliphatic carbocycles. The van der Waals surface area contributed by atoms with Crippen LogP contribution < -0.4 is 10.6 Å². The minimum Gasteiger partial charge on any atom is -0.385 e. The van der Waals surface area contributed by atoms with Gasteiger partial charge in [0.25, 0.3) is 5.91 Å². The van der Waals surface area contributed by atoms with Gasteiger partial charge >= 0.3 is 0 Å². The number of benzene rings is 1. The van der Waals surface area contributed by atoms with Crippen LogP contribution in [0.4, 0.5) is 11.5 Å². The van der Waals surface area contributed by atoms with Crippen LogP contribution in [0.5, 0.6) is 0 Å². The van der Waals surface area contributed by atoms with Crippen LogP contribution in [0, 0.1) is 6.92 Å². The molecule has 20 heavy (non-hydrogen) atoms. The van der Waals surface area contributed by atoms with Crippen LogP contribution in [-0.2, 0) is 7.05 Å². The molecule has 0 fully saturated rings. The van der Waals surface area contributed by atoms with Crippen LogP contribution in [0.1, 0.15) is 29.3 Å². The highest BCUT2D eigenvalue weighted by Crippen LogP contribution is 2.16. The molecule has 0 atom stereocenters. The first-order chi connectivity index (χ1) is 9.60. The van der Waals surface area contributed by atoms with Crippen molar-refractivity contribution in [3.05, 3.63) is 41.6 Å². The first-order valence-corrected chi connectivity index (χ1v) is 6.75. The zero-order valence-corrected chi connectivity index (χ0v) is 12.1. The molecule has 0 radical (unpaired) electrons. The van der Waals surface area contributed by atoms with E-state index in [1.54, 1.807) is 16.9 Å². The van der Waals surface area contributed by atoms with E-state index in [4.69, 9.17) is 0 Å². The van der Waals surface area contributed by atoms with Crippen molar-refractivity contribution in [2.24, 2.45) is 7.05 Å². The third kappa shape index (κ3) is 3.38. The van der Waals surface area contributed by atoms with Crippen molar-refractivity contribution in [2.75, 3.05) is 17.2 Å². The van der Waals surface area contributed by atoms with E-state index in [-0.39, 0.29) is 5.91 Å². The fourth-order valence-corrected chi connectivity index (χ4v) is 1.96. The van der Waals surface area contributed by atoms with Gasteiger partial charge in [0.1, 0.15) is 0 Å². The van der Waals surface area contributed by atoms with Crippen molar-refractivity contribution in [2.45, 2.75) is 20.3 Å². The molecule has 2 N–H and O–H groups in total. The van der Waals surface area contributed by atoms with Gasteiger partial charge in [-0.25, -0.2) is 0 Å². The number of amides is 1. The Morgan fingerprint density at radius 2 is 2.15 bits per heavy atom. The summed E-state index contributed by atoms with van der Waals surface area (Å²) in [5, 5.41) is 10.2. The lowest BCUT2D eigenvalue weighted by Gasteiger charge is -2.09. The fraction of sp³-hybridized carbons (Fsp3) is 0.333. The molecule has 0 aliphatic heterocycles. The highest BCUT2D eigenvalue weighted by molar-refractivity contribution is 6.05. The minimum atomic E-state index is -0.136. The number of nitrogens with zero attached hydrogens (tertiary/aromatic N) is 2. The summed E-state index contributed by atoms with van der Waals surface area (Å²) in [5.74, 6) is 0.424. The van der Waals surface area contributed by atoms with Gasteiger partial charge in [0.05, 0.1) is 0 Å². The smallest absolute Gasteiger partial charge is 0.257 e. The van der Waals surface area contributed by atoms with E-state index < -0.39 is 0 Å². The maximum atomic E-state index is 12.2. The van der Waals surface area contributed by atoms with E-state index >= 15 is 0 Å². The lowest BCUT2D eigenvalue weighted by molar-refractivity contribution is 0.102. The fourth-order valence-electron chi connectivity index (χ4n) is 1.96. The summed E-state index contributed by atoms with van der Waals surface area (Å²) in [6, 6.07) is 7.52. The van der Waals surface area contributed by atoms with Crippen molar-refractivity contribution in [3.63, 3.8) is 0 Å². The number of hydrogen-bond acceptors (Lipinski definition) is 3. The predicted molar refractivity (Wildman–Crippen MR) is 81.1 cm³/mol. The standard InChI is InChI=1S/C15H20N4O/c1-4-8-16-12-5-6-13(11(2)10-12)15(20)17-14-7-9-19(3)18-14/h5-7,9-10,16H,4,8H2,1-3H3,(H,17,18,20). The maximum Gasteiger partial charge on any atom is 0.257 e. The number of aromatic nitrogens is 2. The molecule has 1 aromatic heterocycles. The van der Waals surface area contributed by atoms with E-state index in [0.29, 0.717) is 11.4 Å². The van der Waals surface area contributed by atoms with Gasteiger partial charge in [0, 0.05) is 37.1 Å². The molecule has 5 heteroatoms. The third-order valence-electron chi connectivity index (χ3n) is 3.01. The lowest BCUT2D eigenvalue weighted by Crippen LogP contribution is -2.14. The Kier molecular flexibility index (Phi) is 4.40. The first-order valence-electron chi connectivity index (χ1n) is 6.75. The largest absolute Gasteiger partial charge is 0.385 e. The summed E-state index contributed by atoms with van der Waals surface area (Å²) < 4.78 is 1.65. The first kappa shape index (κ1) is 14.1. The van der Waals surface area contributed by atoms with Gasteiger partial charge in [0.2, 0.25) is 0 Å². The summed E-state index contributed by atoms with van der Waals surface area (Å²) in [6.07, 6.45) is 2.86. The normalized spacial score (nSPS) is 10.3. The topological polar surface area (TPSA) is 59.0 Å². The molecular formula is C15H20N4O. The lowest BCUT2D eigenvalue weighted by atomic mass is 10.1. The highest BCUT2D eigenvalue weighted by Gasteiger charge is 2.10. The Labute approximate surface area is 119 Å². The Balaban J connectivity index is 2.09. The molecule has 1 amide bonds. The maximum absolute atomic E-state index is 12.2. The second kappa shape index (κ2) is 6.23. The minimum absolute atomic E-state index is 0.136. The molecule has 2 aromatic rings. The molecule has 5 nitrogen and oxygen atoms in total. The van der Waals surface area contributed by atoms with Crippen LogP contribution in [0.3, 0.4) is 0 Å². The van der Waals surface area contributed by atoms with Gasteiger partial charge in [0.15, 0.2) is 5.82 Å². The van der Waals surface area contributed by atoms with Crippen molar-refractivity contribution in [3.8, 4) is 0 Å². The van der Waals surface area contributed by atoms with Crippen LogP contribution in [0.15, 0.2) is 30.5 Å². The summed E-state index contributed by atoms with van der Waals surface area (Å²) in [7, 11) is 1.81. The van der Waals surface area contributed by atoms with Gasteiger partial charge < -0.3 is 10.6 Å². The summed E-state index contributed by atoms with van der Waals surface area (Å²) in [6.45, 7) is 4.98. The molecule has 0 unspecified atom stereocenters. The van der Waals surface area contributed by atoms with Crippen molar-refractivity contribution < 1.29 is 4.79 Å². The number of hydrogen-bond donors (Lipinski definition) is 2. The van der Waals surface area contributed by atoms with Crippen LogP contribution in [0.25, 0.3) is 0 Å². The van der Waals surface area contributed by atoms with Gasteiger partial charge in [-0.15, -0.1) is 0 Å². The Hall–Kier alpha value is -2.30. The number of anilines is 2. The number of carbonyl (C=O) groups is 1. The molecule has 1 aromatic carbocycles. The van der Waals surface area contributed by atoms with E-state index in [1.807, 2.05) is 32.2 Å². The predicted octanol–water partition coefficient (Wildman–Crippen LogP) is 2.80. The van der Waals surface area contributed by atoms with E-state index in [2.05, 4.69) is 22.7 Å². The van der Waals surface area contributed by atoms with Gasteiger partial charge in [-0.2, -0.15) is 5.10 Å². The van der Waals surface area contributed by atoms with E-state index in [0.717, 1.165) is 24.2 Å². The molecule has 0 saturated heterocycles. The molecular weight excluding hydrogens is 252 g/mol. The van der Waals surface area contributed by atoms with E-state index in [9.17, 15) is 4.79 Å². The van der Waals surface area contributed by atoms with Gasteiger partial charge in [-0.05, 0) is 37.1 Å². The number of carbonyl (C=O) groups excluding carboxylic acids is 1. The average Bonchev–Trinajstić information content (AvgIpc) is 2.81. The molecule has 106 valence electrons. The third-order valence-corrected chi connectivity index (χ3v) is 3.01. The summed E-state index contributed by atoms with van der Waals surface area (Å²) >= 11 is 0. The van der Waals surface area contributed by atoms with Crippen molar-refractivity contribution >= 4 is 17.4 Å². The highest BCUT2D eigenvalue weighted by atomic mass is 16.1. The van der Waals surface area contributed by atoms with Crippen LogP contribution in [0.2, 0.25) is 0 Å². The summed E-state index contributed by atoms with van der Waals surface area (Å²) in [4.78, 5) is 12.2. The number of aryl methyl sites for hydroxylation is 2. The number of nitrogens with one attached hydrogen (secondary N) is 2. The average molecular weight is 272 g/mol. The number of rotatable bonds is 5. The van der Waals surface area contributed by atoms with Gasteiger partial charge in [-0.1, -0.05) is 6.92 Å². The van der Waals surface area contributed by atoms with Crippen LogP contribution in [-0.4, -0.2) is 22.2 Å². The molecule has 0 bridgehead atoms. The molecule has 2 rings (SSSR count). The zero-order chi connectivity index (χ0) is 14.5. The zero-order valence-electron chi connectivity index (χ0n) is 12.1. The summed E-state index contributed by atoms with van der Waals surface area (Å²) in [5.41, 5.74) is 2.65. The second-order valence-corrected chi connectivity index (χ2v) is 4.79. The Morgan fingerprint density at radius 1 is 1.35 bits per heavy atom. The molecule has 0 aliphatic rings. The second-order valence-electron chi connectivity index (χ2n) is 4.79. The molecule has 1 heterocycles. The quantitative estimate of drug-likeness (QED) is 0.880. The van der Waals surface area contributed by atoms with Crippen molar-refractivity contribution in [1.29, 1.82) is 0 Å². The Morgan fingerprint density at radius 3 is 2.75 bits per heavy atom. The SMILES string of the molecule is CCCNc1ccc(C(=O)Nc2ccn(C)n2)c(C)c1. The molecule has 0 spiro atoms. The van der Waals surface area contributed by atoms with Gasteiger partial charge in [-0.3, -0.25) is 9.48 Å². The van der Waals surface area contributed by atoms with Crippen molar-refractivity contribution in [1.82, 2.24) is 9.78 Å². The molecule has 0 saturated carbocycles. The monoisotopic (exact) mass is 272 g/mol. The van der Waals surface area contributed by atoms with Crippen LogP contribution >= 0.6 is 0 Å². The Bertz CT molecular complexity index is 604.